The Morgan fingerprint density at radius 3 is 2.40 bits per heavy atom. The van der Waals surface area contributed by atoms with E-state index in [0.717, 1.165) is 12.0 Å². The lowest BCUT2D eigenvalue weighted by molar-refractivity contribution is 0.0957. The average Bonchev–Trinajstić information content (AvgIpc) is 2.26. The standard InChI is InChI=1S/C13H17NO/c1-4-11-5-7-12(8-6-11)13(15)14-9-10(2)3/h5-8H,2,4,9H2,1,3H3,(H,14,15). The van der Waals surface area contributed by atoms with Crippen LogP contribution in [0.15, 0.2) is 36.4 Å². The Kier molecular flexibility index (Phi) is 4.10. The summed E-state index contributed by atoms with van der Waals surface area (Å²) in [7, 11) is 0. The molecule has 1 aromatic carbocycles. The Balaban J connectivity index is 2.62. The van der Waals surface area contributed by atoms with E-state index in [-0.39, 0.29) is 5.91 Å². The third-order valence-corrected chi connectivity index (χ3v) is 2.18. The molecule has 0 unspecified atom stereocenters. The molecule has 0 saturated heterocycles. The largest absolute Gasteiger partial charge is 0.348 e. The molecule has 2 heteroatoms. The Morgan fingerprint density at radius 1 is 1.33 bits per heavy atom. The first-order valence-corrected chi connectivity index (χ1v) is 5.15. The summed E-state index contributed by atoms with van der Waals surface area (Å²) in [6, 6.07) is 7.67. The van der Waals surface area contributed by atoms with Gasteiger partial charge in [0.25, 0.3) is 5.91 Å². The van der Waals surface area contributed by atoms with E-state index in [2.05, 4.69) is 18.8 Å². The zero-order valence-corrected chi connectivity index (χ0v) is 9.34. The fourth-order valence-electron chi connectivity index (χ4n) is 1.23. The predicted octanol–water partition coefficient (Wildman–Crippen LogP) is 2.55. The van der Waals surface area contributed by atoms with Crippen molar-refractivity contribution in [2.45, 2.75) is 20.3 Å². The molecule has 1 aromatic rings. The highest BCUT2D eigenvalue weighted by atomic mass is 16.1. The third-order valence-electron chi connectivity index (χ3n) is 2.18. The van der Waals surface area contributed by atoms with Crippen molar-refractivity contribution < 1.29 is 4.79 Å². The summed E-state index contributed by atoms with van der Waals surface area (Å²) in [5, 5.41) is 2.80. The third kappa shape index (κ3) is 3.58. The Hall–Kier alpha value is -1.57. The lowest BCUT2D eigenvalue weighted by atomic mass is 10.1. The van der Waals surface area contributed by atoms with Gasteiger partial charge in [-0.1, -0.05) is 31.2 Å². The molecular weight excluding hydrogens is 186 g/mol. The summed E-state index contributed by atoms with van der Waals surface area (Å²) in [5.41, 5.74) is 2.90. The topological polar surface area (TPSA) is 29.1 Å². The molecule has 0 aliphatic rings. The smallest absolute Gasteiger partial charge is 0.251 e. The normalized spacial score (nSPS) is 9.73. The van der Waals surface area contributed by atoms with Gasteiger partial charge in [-0.2, -0.15) is 0 Å². The van der Waals surface area contributed by atoms with Crippen LogP contribution in [0.5, 0.6) is 0 Å². The molecule has 0 heterocycles. The number of benzene rings is 1. The highest BCUT2D eigenvalue weighted by molar-refractivity contribution is 5.94. The highest BCUT2D eigenvalue weighted by Crippen LogP contribution is 2.04. The first-order valence-electron chi connectivity index (χ1n) is 5.15. The van der Waals surface area contributed by atoms with E-state index in [0.29, 0.717) is 12.1 Å². The molecule has 1 amide bonds. The second-order valence-corrected chi connectivity index (χ2v) is 3.69. The molecule has 0 spiro atoms. The van der Waals surface area contributed by atoms with E-state index < -0.39 is 0 Å². The minimum Gasteiger partial charge on any atom is -0.348 e. The molecule has 2 nitrogen and oxygen atoms in total. The molecule has 0 radical (unpaired) electrons. The van der Waals surface area contributed by atoms with Crippen molar-refractivity contribution in [3.63, 3.8) is 0 Å². The van der Waals surface area contributed by atoms with E-state index in [1.54, 1.807) is 0 Å². The molecule has 0 aromatic heterocycles. The van der Waals surface area contributed by atoms with Gasteiger partial charge in [0.1, 0.15) is 0 Å². The van der Waals surface area contributed by atoms with Crippen LogP contribution in [0.25, 0.3) is 0 Å². The molecule has 0 bridgehead atoms. The van der Waals surface area contributed by atoms with Crippen LogP contribution < -0.4 is 5.32 Å². The zero-order valence-electron chi connectivity index (χ0n) is 9.34. The minimum atomic E-state index is -0.0411. The molecule has 0 fully saturated rings. The second-order valence-electron chi connectivity index (χ2n) is 3.69. The van der Waals surface area contributed by atoms with Crippen molar-refractivity contribution in [3.05, 3.63) is 47.5 Å². The minimum absolute atomic E-state index is 0.0411. The first kappa shape index (κ1) is 11.5. The van der Waals surface area contributed by atoms with Gasteiger partial charge in [-0.3, -0.25) is 4.79 Å². The second kappa shape index (κ2) is 5.35. The quantitative estimate of drug-likeness (QED) is 0.749. The molecule has 0 aliphatic heterocycles. The maximum Gasteiger partial charge on any atom is 0.251 e. The van der Waals surface area contributed by atoms with Gasteiger partial charge in [0.2, 0.25) is 0 Å². The maximum absolute atomic E-state index is 11.6. The SMILES string of the molecule is C=C(C)CNC(=O)c1ccc(CC)cc1. The molecule has 0 atom stereocenters. The summed E-state index contributed by atoms with van der Waals surface area (Å²) >= 11 is 0. The number of carbonyl (C=O) groups is 1. The van der Waals surface area contributed by atoms with Crippen LogP contribution in [0.4, 0.5) is 0 Å². The number of hydrogen-bond acceptors (Lipinski definition) is 1. The maximum atomic E-state index is 11.6. The van der Waals surface area contributed by atoms with E-state index in [9.17, 15) is 4.79 Å². The van der Waals surface area contributed by atoms with Crippen LogP contribution in [0.1, 0.15) is 29.8 Å². The van der Waals surface area contributed by atoms with Crippen LogP contribution in [-0.4, -0.2) is 12.5 Å². The van der Waals surface area contributed by atoms with Crippen LogP contribution in [-0.2, 0) is 6.42 Å². The van der Waals surface area contributed by atoms with Crippen LogP contribution in [0.2, 0.25) is 0 Å². The van der Waals surface area contributed by atoms with Crippen molar-refractivity contribution in [1.29, 1.82) is 0 Å². The number of hydrogen-bond donors (Lipinski definition) is 1. The zero-order chi connectivity index (χ0) is 11.3. The summed E-state index contributed by atoms with van der Waals surface area (Å²) in [5.74, 6) is -0.0411. The van der Waals surface area contributed by atoms with E-state index in [1.165, 1.54) is 5.56 Å². The molecule has 0 aliphatic carbocycles. The fraction of sp³-hybridized carbons (Fsp3) is 0.308. The van der Waals surface area contributed by atoms with Gasteiger partial charge in [0.05, 0.1) is 0 Å². The number of aryl methyl sites for hydroxylation is 1. The van der Waals surface area contributed by atoms with Crippen LogP contribution in [0.3, 0.4) is 0 Å². The Bertz CT molecular complexity index is 351. The van der Waals surface area contributed by atoms with Gasteiger partial charge in [-0.15, -0.1) is 0 Å². The van der Waals surface area contributed by atoms with E-state index in [1.807, 2.05) is 31.2 Å². The number of rotatable bonds is 4. The molecular formula is C13H17NO. The average molecular weight is 203 g/mol. The van der Waals surface area contributed by atoms with Crippen molar-refractivity contribution in [3.8, 4) is 0 Å². The fourth-order valence-corrected chi connectivity index (χ4v) is 1.23. The lowest BCUT2D eigenvalue weighted by Gasteiger charge is -2.05. The van der Waals surface area contributed by atoms with Gasteiger partial charge < -0.3 is 5.32 Å². The van der Waals surface area contributed by atoms with Crippen LogP contribution in [0, 0.1) is 0 Å². The van der Waals surface area contributed by atoms with Gasteiger partial charge in [-0.25, -0.2) is 0 Å². The van der Waals surface area contributed by atoms with Crippen LogP contribution >= 0.6 is 0 Å². The summed E-state index contributed by atoms with van der Waals surface area (Å²) in [6.45, 7) is 8.25. The highest BCUT2D eigenvalue weighted by Gasteiger charge is 2.03. The Labute approximate surface area is 91.0 Å². The molecule has 80 valence electrons. The number of amides is 1. The summed E-state index contributed by atoms with van der Waals surface area (Å²) < 4.78 is 0. The van der Waals surface area contributed by atoms with Gasteiger partial charge >= 0.3 is 0 Å². The van der Waals surface area contributed by atoms with Gasteiger partial charge in [0, 0.05) is 12.1 Å². The van der Waals surface area contributed by atoms with Crippen molar-refractivity contribution in [2.24, 2.45) is 0 Å². The first-order chi connectivity index (χ1) is 7.13. The molecule has 15 heavy (non-hydrogen) atoms. The summed E-state index contributed by atoms with van der Waals surface area (Å²) in [6.07, 6.45) is 0.994. The van der Waals surface area contributed by atoms with E-state index in [4.69, 9.17) is 0 Å². The van der Waals surface area contributed by atoms with Crippen molar-refractivity contribution in [2.75, 3.05) is 6.54 Å². The lowest BCUT2D eigenvalue weighted by Crippen LogP contribution is -2.24. The van der Waals surface area contributed by atoms with Crippen molar-refractivity contribution >= 4 is 5.91 Å². The van der Waals surface area contributed by atoms with Crippen molar-refractivity contribution in [1.82, 2.24) is 5.32 Å². The van der Waals surface area contributed by atoms with Gasteiger partial charge in [-0.05, 0) is 31.0 Å². The van der Waals surface area contributed by atoms with Gasteiger partial charge in [0.15, 0.2) is 0 Å². The molecule has 0 saturated carbocycles. The Morgan fingerprint density at radius 2 is 1.93 bits per heavy atom. The van der Waals surface area contributed by atoms with E-state index >= 15 is 0 Å². The monoisotopic (exact) mass is 203 g/mol. The predicted molar refractivity (Wildman–Crippen MR) is 63.0 cm³/mol. The molecule has 1 rings (SSSR count). The molecule has 1 N–H and O–H groups in total. The summed E-state index contributed by atoms with van der Waals surface area (Å²) in [4.78, 5) is 11.6. The number of carbonyl (C=O) groups excluding carboxylic acids is 1. The number of nitrogens with one attached hydrogen (secondary N) is 1.